The number of rotatable bonds is 8. The van der Waals surface area contributed by atoms with Gasteiger partial charge in [-0.3, -0.25) is 4.90 Å². The first-order chi connectivity index (χ1) is 8.99. The van der Waals surface area contributed by atoms with E-state index in [-0.39, 0.29) is 5.54 Å². The molecule has 1 saturated heterocycles. The van der Waals surface area contributed by atoms with E-state index in [1.807, 2.05) is 0 Å². The van der Waals surface area contributed by atoms with E-state index in [1.54, 1.807) is 0 Å². The molecule has 0 bridgehead atoms. The van der Waals surface area contributed by atoms with Crippen molar-refractivity contribution < 1.29 is 0 Å². The van der Waals surface area contributed by atoms with E-state index in [4.69, 9.17) is 5.73 Å². The van der Waals surface area contributed by atoms with Crippen molar-refractivity contribution in [3.63, 3.8) is 0 Å². The van der Waals surface area contributed by atoms with Crippen LogP contribution in [-0.4, -0.2) is 41.6 Å². The maximum atomic E-state index is 6.25. The Morgan fingerprint density at radius 1 is 1.05 bits per heavy atom. The summed E-state index contributed by atoms with van der Waals surface area (Å²) in [6.07, 6.45) is 6.42. The zero-order chi connectivity index (χ0) is 14.4. The molecule has 1 fully saturated rings. The second-order valence-electron chi connectivity index (χ2n) is 6.96. The molecule has 0 amide bonds. The van der Waals surface area contributed by atoms with Gasteiger partial charge in [0.2, 0.25) is 0 Å². The Labute approximate surface area is 124 Å². The molecule has 1 aliphatic rings. The van der Waals surface area contributed by atoms with Crippen molar-refractivity contribution >= 4 is 11.8 Å². The summed E-state index contributed by atoms with van der Waals surface area (Å²) in [5.41, 5.74) is 6.93. The maximum absolute atomic E-state index is 6.25. The molecule has 1 unspecified atom stereocenters. The van der Waals surface area contributed by atoms with Crippen molar-refractivity contribution in [3.05, 3.63) is 0 Å². The molecule has 19 heavy (non-hydrogen) atoms. The van der Waals surface area contributed by atoms with Crippen LogP contribution in [0.1, 0.15) is 59.8 Å². The zero-order valence-corrected chi connectivity index (χ0v) is 14.3. The van der Waals surface area contributed by atoms with Gasteiger partial charge < -0.3 is 5.73 Å². The molecule has 2 nitrogen and oxygen atoms in total. The van der Waals surface area contributed by atoms with Gasteiger partial charge in [-0.15, -0.1) is 0 Å². The highest BCUT2D eigenvalue weighted by atomic mass is 32.2. The van der Waals surface area contributed by atoms with Crippen LogP contribution < -0.4 is 5.73 Å². The third kappa shape index (κ3) is 4.95. The molecular formula is C16H34N2S. The van der Waals surface area contributed by atoms with Gasteiger partial charge in [0, 0.05) is 17.8 Å². The minimum atomic E-state index is 0.247. The summed E-state index contributed by atoms with van der Waals surface area (Å²) >= 11 is 2.11. The van der Waals surface area contributed by atoms with Crippen molar-refractivity contribution in [3.8, 4) is 0 Å². The Kier molecular flexibility index (Phi) is 7.20. The van der Waals surface area contributed by atoms with Crippen LogP contribution in [0, 0.1) is 5.41 Å². The van der Waals surface area contributed by atoms with Crippen LogP contribution in [0.2, 0.25) is 0 Å². The van der Waals surface area contributed by atoms with Crippen LogP contribution in [0.5, 0.6) is 0 Å². The first kappa shape index (κ1) is 17.3. The van der Waals surface area contributed by atoms with Crippen molar-refractivity contribution in [1.82, 2.24) is 4.90 Å². The van der Waals surface area contributed by atoms with Crippen LogP contribution in [0.3, 0.4) is 0 Å². The number of nitrogens with zero attached hydrogens (tertiary/aromatic N) is 1. The van der Waals surface area contributed by atoms with Crippen molar-refractivity contribution in [1.29, 1.82) is 0 Å². The molecule has 0 radical (unpaired) electrons. The van der Waals surface area contributed by atoms with Gasteiger partial charge in [0.1, 0.15) is 0 Å². The maximum Gasteiger partial charge on any atom is 0.0427 e. The fourth-order valence-electron chi connectivity index (χ4n) is 3.26. The minimum Gasteiger partial charge on any atom is -0.329 e. The SMILES string of the molecule is CCCCN(CCCC)C1(CN)CSCC(C)(C)C1. The number of hydrogen-bond donors (Lipinski definition) is 1. The number of unbranched alkanes of at least 4 members (excludes halogenated alkanes) is 2. The van der Waals surface area contributed by atoms with Gasteiger partial charge in [0.15, 0.2) is 0 Å². The second-order valence-corrected chi connectivity index (χ2v) is 7.94. The molecule has 0 aliphatic carbocycles. The monoisotopic (exact) mass is 286 g/mol. The van der Waals surface area contributed by atoms with Crippen LogP contribution >= 0.6 is 11.8 Å². The van der Waals surface area contributed by atoms with Crippen LogP contribution in [0.4, 0.5) is 0 Å². The van der Waals surface area contributed by atoms with Gasteiger partial charge in [-0.2, -0.15) is 11.8 Å². The van der Waals surface area contributed by atoms with Crippen molar-refractivity contribution in [2.45, 2.75) is 65.3 Å². The Bertz CT molecular complexity index is 247. The fraction of sp³-hybridized carbons (Fsp3) is 1.00. The summed E-state index contributed by atoms with van der Waals surface area (Å²) in [7, 11) is 0. The number of hydrogen-bond acceptors (Lipinski definition) is 3. The lowest BCUT2D eigenvalue weighted by Gasteiger charge is -2.51. The van der Waals surface area contributed by atoms with Gasteiger partial charge in [-0.05, 0) is 43.5 Å². The molecule has 1 rings (SSSR count). The highest BCUT2D eigenvalue weighted by Gasteiger charge is 2.43. The van der Waals surface area contributed by atoms with Crippen LogP contribution in [0.25, 0.3) is 0 Å². The van der Waals surface area contributed by atoms with Gasteiger partial charge in [-0.25, -0.2) is 0 Å². The molecular weight excluding hydrogens is 252 g/mol. The molecule has 1 heterocycles. The van der Waals surface area contributed by atoms with E-state index in [2.05, 4.69) is 44.4 Å². The molecule has 2 N–H and O–H groups in total. The predicted molar refractivity (Wildman–Crippen MR) is 88.9 cm³/mol. The van der Waals surface area contributed by atoms with Crippen LogP contribution in [0.15, 0.2) is 0 Å². The highest BCUT2D eigenvalue weighted by Crippen LogP contribution is 2.42. The first-order valence-corrected chi connectivity index (χ1v) is 9.18. The largest absolute Gasteiger partial charge is 0.329 e. The smallest absolute Gasteiger partial charge is 0.0427 e. The Balaban J connectivity index is 2.79. The number of nitrogens with two attached hydrogens (primary N) is 1. The first-order valence-electron chi connectivity index (χ1n) is 8.02. The molecule has 1 atom stereocenters. The summed E-state index contributed by atoms with van der Waals surface area (Å²) in [6.45, 7) is 12.6. The van der Waals surface area contributed by atoms with E-state index in [0.29, 0.717) is 5.41 Å². The Morgan fingerprint density at radius 3 is 2.05 bits per heavy atom. The minimum absolute atomic E-state index is 0.247. The molecule has 0 saturated carbocycles. The van der Waals surface area contributed by atoms with E-state index >= 15 is 0 Å². The van der Waals surface area contributed by atoms with Gasteiger partial charge >= 0.3 is 0 Å². The molecule has 114 valence electrons. The van der Waals surface area contributed by atoms with E-state index in [1.165, 1.54) is 56.7 Å². The summed E-state index contributed by atoms with van der Waals surface area (Å²) in [5, 5.41) is 0. The number of thioether (sulfide) groups is 1. The van der Waals surface area contributed by atoms with E-state index in [9.17, 15) is 0 Å². The van der Waals surface area contributed by atoms with E-state index in [0.717, 1.165) is 6.54 Å². The predicted octanol–water partition coefficient (Wildman–Crippen LogP) is 3.75. The Morgan fingerprint density at radius 2 is 1.63 bits per heavy atom. The summed E-state index contributed by atoms with van der Waals surface area (Å²) < 4.78 is 0. The zero-order valence-electron chi connectivity index (χ0n) is 13.5. The third-order valence-electron chi connectivity index (χ3n) is 4.29. The van der Waals surface area contributed by atoms with Crippen molar-refractivity contribution in [2.75, 3.05) is 31.1 Å². The van der Waals surface area contributed by atoms with E-state index < -0.39 is 0 Å². The normalized spacial score (nSPS) is 26.8. The summed E-state index contributed by atoms with van der Waals surface area (Å²) in [4.78, 5) is 2.73. The average molecular weight is 287 g/mol. The molecule has 0 aromatic carbocycles. The second kappa shape index (κ2) is 7.90. The third-order valence-corrected chi connectivity index (χ3v) is 6.01. The molecule has 1 aliphatic heterocycles. The highest BCUT2D eigenvalue weighted by molar-refractivity contribution is 7.99. The topological polar surface area (TPSA) is 29.3 Å². The molecule has 3 heteroatoms. The van der Waals surface area contributed by atoms with Gasteiger partial charge in [-0.1, -0.05) is 40.5 Å². The fourth-order valence-corrected chi connectivity index (χ4v) is 4.80. The van der Waals surface area contributed by atoms with Gasteiger partial charge in [0.05, 0.1) is 0 Å². The quantitative estimate of drug-likeness (QED) is 0.737. The lowest BCUT2D eigenvalue weighted by Crippen LogP contribution is -2.60. The molecule has 0 aromatic heterocycles. The van der Waals surface area contributed by atoms with Gasteiger partial charge in [0.25, 0.3) is 0 Å². The standard InChI is InChI=1S/C16H34N2S/c1-5-7-9-18(10-8-6-2)16(12-17)11-15(3,4)13-19-14-16/h5-14,17H2,1-4H3. The molecule has 0 spiro atoms. The van der Waals surface area contributed by atoms with Crippen molar-refractivity contribution in [2.24, 2.45) is 11.1 Å². The van der Waals surface area contributed by atoms with Crippen LogP contribution in [-0.2, 0) is 0 Å². The Hall–Kier alpha value is 0.270. The lowest BCUT2D eigenvalue weighted by atomic mass is 9.78. The molecule has 0 aromatic rings. The average Bonchev–Trinajstić information content (AvgIpc) is 2.37. The lowest BCUT2D eigenvalue weighted by molar-refractivity contribution is 0.0655. The summed E-state index contributed by atoms with van der Waals surface area (Å²) in [6, 6.07) is 0. The summed E-state index contributed by atoms with van der Waals surface area (Å²) in [5.74, 6) is 2.50.